The van der Waals surface area contributed by atoms with E-state index in [1.807, 2.05) is 0 Å². The summed E-state index contributed by atoms with van der Waals surface area (Å²) in [6.45, 7) is 0.557. The molecule has 7 nitrogen and oxygen atoms in total. The van der Waals surface area contributed by atoms with Crippen LogP contribution in [0.15, 0.2) is 29.2 Å². The fraction of sp³-hybridized carbons (Fsp3) is 0.214. The molecular weight excluding hydrogens is 338 g/mol. The molecule has 23 heavy (non-hydrogen) atoms. The lowest BCUT2D eigenvalue weighted by atomic mass is 10.1. The summed E-state index contributed by atoms with van der Waals surface area (Å²) in [5.74, 6) is -0.411. The minimum Gasteiger partial charge on any atom is -0.351 e. The van der Waals surface area contributed by atoms with Gasteiger partial charge in [0.1, 0.15) is 4.88 Å². The Labute approximate surface area is 138 Å². The molecule has 1 aromatic carbocycles. The predicted octanol–water partition coefficient (Wildman–Crippen LogP) is 1.19. The zero-order valence-corrected chi connectivity index (χ0v) is 13.5. The molecule has 1 atom stereocenters. The first kappa shape index (κ1) is 15.8. The topological polar surface area (TPSA) is 108 Å². The van der Waals surface area contributed by atoms with Gasteiger partial charge in [0.25, 0.3) is 5.91 Å². The third kappa shape index (κ3) is 3.63. The van der Waals surface area contributed by atoms with Crippen molar-refractivity contribution in [3.8, 4) is 0 Å². The summed E-state index contributed by atoms with van der Waals surface area (Å²) in [6, 6.07) is 6.27. The van der Waals surface area contributed by atoms with Gasteiger partial charge in [0, 0.05) is 13.0 Å². The molecule has 1 aromatic heterocycles. The number of rotatable bonds is 4. The highest BCUT2D eigenvalue weighted by Gasteiger charge is 2.22. The molecule has 9 heteroatoms. The van der Waals surface area contributed by atoms with Crippen LogP contribution in [0.2, 0.25) is 0 Å². The van der Waals surface area contributed by atoms with Crippen molar-refractivity contribution in [1.82, 2.24) is 10.3 Å². The maximum absolute atomic E-state index is 12.0. The number of benzene rings is 1. The second kappa shape index (κ2) is 6.57. The van der Waals surface area contributed by atoms with Crippen LogP contribution in [0.3, 0.4) is 0 Å². The monoisotopic (exact) mass is 351 g/mol. The lowest BCUT2D eigenvalue weighted by molar-refractivity contribution is -0.115. The van der Waals surface area contributed by atoms with Crippen molar-refractivity contribution in [2.75, 3.05) is 11.9 Å². The van der Waals surface area contributed by atoms with E-state index < -0.39 is 11.1 Å². The number of amides is 2. The Kier molecular flexibility index (Phi) is 4.51. The van der Waals surface area contributed by atoms with Gasteiger partial charge < -0.3 is 15.2 Å². The number of anilines is 1. The molecule has 0 radical (unpaired) electrons. The molecule has 0 bridgehead atoms. The van der Waals surface area contributed by atoms with E-state index in [1.165, 1.54) is 12.1 Å². The third-order valence-corrected chi connectivity index (χ3v) is 4.97. The van der Waals surface area contributed by atoms with Crippen LogP contribution in [0.4, 0.5) is 5.13 Å². The number of hydrogen-bond donors (Lipinski definition) is 3. The van der Waals surface area contributed by atoms with E-state index in [0.29, 0.717) is 28.7 Å². The molecule has 0 saturated carbocycles. The molecule has 3 rings (SSSR count). The van der Waals surface area contributed by atoms with Gasteiger partial charge in [-0.25, -0.2) is 9.19 Å². The zero-order chi connectivity index (χ0) is 16.4. The number of nitrogens with one attached hydrogen (secondary N) is 2. The SMILES string of the molecule is O=C(Cc1ccc(S(=O)O)cc1)Nc1nc2c(s1)C(=O)NCC2. The summed E-state index contributed by atoms with van der Waals surface area (Å²) in [7, 11) is 0. The first-order valence-electron chi connectivity index (χ1n) is 6.80. The largest absolute Gasteiger partial charge is 0.351 e. The van der Waals surface area contributed by atoms with E-state index in [-0.39, 0.29) is 23.1 Å². The molecule has 3 N–H and O–H groups in total. The predicted molar refractivity (Wildman–Crippen MR) is 86.0 cm³/mol. The summed E-state index contributed by atoms with van der Waals surface area (Å²) in [5, 5.41) is 5.82. The smallest absolute Gasteiger partial charge is 0.263 e. The number of thiazole rings is 1. The summed E-state index contributed by atoms with van der Waals surface area (Å²) in [5.41, 5.74) is 1.43. The van der Waals surface area contributed by atoms with Gasteiger partial charge in [-0.2, -0.15) is 0 Å². The van der Waals surface area contributed by atoms with E-state index in [4.69, 9.17) is 4.55 Å². The quantitative estimate of drug-likeness (QED) is 0.717. The van der Waals surface area contributed by atoms with Crippen LogP contribution in [0.25, 0.3) is 0 Å². The number of carbonyl (C=O) groups is 2. The molecule has 1 unspecified atom stereocenters. The Morgan fingerprint density at radius 2 is 2.13 bits per heavy atom. The maximum Gasteiger partial charge on any atom is 0.263 e. The number of fused-ring (bicyclic) bond motifs is 1. The van der Waals surface area contributed by atoms with Crippen molar-refractivity contribution < 1.29 is 18.4 Å². The molecule has 2 amide bonds. The maximum atomic E-state index is 12.0. The van der Waals surface area contributed by atoms with Crippen LogP contribution in [0, 0.1) is 0 Å². The van der Waals surface area contributed by atoms with Crippen LogP contribution in [-0.2, 0) is 28.7 Å². The van der Waals surface area contributed by atoms with Crippen molar-refractivity contribution >= 4 is 39.4 Å². The van der Waals surface area contributed by atoms with Gasteiger partial charge in [0.15, 0.2) is 16.2 Å². The Morgan fingerprint density at radius 3 is 2.78 bits per heavy atom. The van der Waals surface area contributed by atoms with E-state index >= 15 is 0 Å². The first-order valence-corrected chi connectivity index (χ1v) is 8.73. The zero-order valence-electron chi connectivity index (χ0n) is 11.9. The highest BCUT2D eigenvalue weighted by Crippen LogP contribution is 2.25. The lowest BCUT2D eigenvalue weighted by Gasteiger charge is -2.09. The second-order valence-electron chi connectivity index (χ2n) is 4.92. The van der Waals surface area contributed by atoms with Gasteiger partial charge in [-0.15, -0.1) is 0 Å². The summed E-state index contributed by atoms with van der Waals surface area (Å²) < 4.78 is 19.8. The average molecular weight is 351 g/mol. The Balaban J connectivity index is 1.65. The highest BCUT2D eigenvalue weighted by molar-refractivity contribution is 7.79. The fourth-order valence-corrected chi connectivity index (χ4v) is 3.51. The summed E-state index contributed by atoms with van der Waals surface area (Å²) in [4.78, 5) is 28.8. The number of hydrogen-bond acceptors (Lipinski definition) is 5. The number of aromatic nitrogens is 1. The molecule has 120 valence electrons. The normalized spacial score (nSPS) is 14.7. The van der Waals surface area contributed by atoms with Crippen molar-refractivity contribution in [2.45, 2.75) is 17.7 Å². The van der Waals surface area contributed by atoms with Crippen LogP contribution in [0.1, 0.15) is 20.9 Å². The van der Waals surface area contributed by atoms with Crippen molar-refractivity contribution in [1.29, 1.82) is 0 Å². The lowest BCUT2D eigenvalue weighted by Crippen LogP contribution is -2.30. The van der Waals surface area contributed by atoms with E-state index in [1.54, 1.807) is 12.1 Å². The minimum atomic E-state index is -2.03. The van der Waals surface area contributed by atoms with E-state index in [9.17, 15) is 13.8 Å². The highest BCUT2D eigenvalue weighted by atomic mass is 32.2. The van der Waals surface area contributed by atoms with E-state index in [2.05, 4.69) is 15.6 Å². The fourth-order valence-electron chi connectivity index (χ4n) is 2.20. The standard InChI is InChI=1S/C14H13N3O4S2/c18-11(7-8-1-3-9(4-2-8)23(20)21)17-14-16-10-5-6-15-13(19)12(10)22-14/h1-4H,5-7H2,(H,15,19)(H,20,21)(H,16,17,18). The molecule has 1 aliphatic rings. The Hall–Kier alpha value is -2.10. The summed E-state index contributed by atoms with van der Waals surface area (Å²) >= 11 is -0.867. The first-order chi connectivity index (χ1) is 11.0. The summed E-state index contributed by atoms with van der Waals surface area (Å²) in [6.07, 6.45) is 0.780. The van der Waals surface area contributed by atoms with E-state index in [0.717, 1.165) is 16.9 Å². The molecule has 0 spiro atoms. The van der Waals surface area contributed by atoms with Gasteiger partial charge in [-0.1, -0.05) is 23.5 Å². The molecule has 0 fully saturated rings. The van der Waals surface area contributed by atoms with Crippen molar-refractivity contribution in [3.05, 3.63) is 40.4 Å². The molecule has 0 saturated heterocycles. The molecule has 2 aromatic rings. The minimum absolute atomic E-state index is 0.120. The van der Waals surface area contributed by atoms with Gasteiger partial charge in [-0.05, 0) is 17.7 Å². The molecule has 2 heterocycles. The van der Waals surface area contributed by atoms with Gasteiger partial charge in [-0.3, -0.25) is 9.59 Å². The van der Waals surface area contributed by atoms with Gasteiger partial charge in [0.05, 0.1) is 17.0 Å². The molecule has 0 aliphatic carbocycles. The van der Waals surface area contributed by atoms with Crippen LogP contribution in [-0.4, -0.2) is 32.1 Å². The van der Waals surface area contributed by atoms with Crippen molar-refractivity contribution in [3.63, 3.8) is 0 Å². The van der Waals surface area contributed by atoms with Crippen LogP contribution in [0.5, 0.6) is 0 Å². The average Bonchev–Trinajstić information content (AvgIpc) is 2.91. The van der Waals surface area contributed by atoms with Crippen LogP contribution < -0.4 is 10.6 Å². The number of carbonyl (C=O) groups excluding carboxylic acids is 2. The van der Waals surface area contributed by atoms with Crippen molar-refractivity contribution in [2.24, 2.45) is 0 Å². The number of nitrogens with zero attached hydrogens (tertiary/aromatic N) is 1. The Bertz CT molecular complexity index is 786. The Morgan fingerprint density at radius 1 is 1.39 bits per heavy atom. The van der Waals surface area contributed by atoms with Crippen LogP contribution >= 0.6 is 11.3 Å². The second-order valence-corrected chi connectivity index (χ2v) is 6.89. The van der Waals surface area contributed by atoms with Gasteiger partial charge in [0.2, 0.25) is 5.91 Å². The molecular formula is C14H13N3O4S2. The molecule has 1 aliphatic heterocycles. The van der Waals surface area contributed by atoms with Gasteiger partial charge >= 0.3 is 0 Å². The third-order valence-electron chi connectivity index (χ3n) is 3.29.